The van der Waals surface area contributed by atoms with Gasteiger partial charge in [-0.25, -0.2) is 0 Å². The van der Waals surface area contributed by atoms with Crippen molar-refractivity contribution in [2.45, 2.75) is 12.5 Å². The number of hydrogen-bond acceptors (Lipinski definition) is 7. The summed E-state index contributed by atoms with van der Waals surface area (Å²) in [5.41, 5.74) is 5.14. The van der Waals surface area contributed by atoms with Crippen LogP contribution in [0.5, 0.6) is 11.5 Å². The van der Waals surface area contributed by atoms with Gasteiger partial charge in [0.2, 0.25) is 5.75 Å². The minimum atomic E-state index is -1.12. The third kappa shape index (κ3) is 4.48. The van der Waals surface area contributed by atoms with E-state index in [4.69, 9.17) is 15.6 Å². The van der Waals surface area contributed by atoms with E-state index in [1.165, 1.54) is 12.1 Å². The molecule has 0 saturated heterocycles. The van der Waals surface area contributed by atoms with Crippen molar-refractivity contribution in [3.8, 4) is 11.5 Å². The lowest BCUT2D eigenvalue weighted by molar-refractivity contribution is -0.394. The van der Waals surface area contributed by atoms with Gasteiger partial charge in [-0.3, -0.25) is 25.0 Å². The second kappa shape index (κ2) is 7.36. The molecule has 10 heteroatoms. The molecule has 0 heterocycles. The minimum Gasteiger partial charge on any atom is -0.480 e. The van der Waals surface area contributed by atoms with Crippen LogP contribution in [0.15, 0.2) is 42.5 Å². The van der Waals surface area contributed by atoms with Crippen molar-refractivity contribution in [3.63, 3.8) is 0 Å². The quantitative estimate of drug-likeness (QED) is 0.569. The van der Waals surface area contributed by atoms with Gasteiger partial charge in [0.1, 0.15) is 11.8 Å². The van der Waals surface area contributed by atoms with Gasteiger partial charge in [-0.2, -0.15) is 0 Å². The summed E-state index contributed by atoms with van der Waals surface area (Å²) in [5, 5.41) is 30.5. The molecule has 0 aliphatic heterocycles. The van der Waals surface area contributed by atoms with Crippen LogP contribution in [0.3, 0.4) is 0 Å². The first-order chi connectivity index (χ1) is 11.8. The zero-order valence-corrected chi connectivity index (χ0v) is 12.7. The normalized spacial score (nSPS) is 11.6. The fourth-order valence-corrected chi connectivity index (χ4v) is 2.01. The summed E-state index contributed by atoms with van der Waals surface area (Å²) in [4.78, 5) is 31.0. The maximum Gasteiger partial charge on any atom is 0.320 e. The Labute approximate surface area is 140 Å². The van der Waals surface area contributed by atoms with E-state index in [1.807, 2.05) is 0 Å². The number of hydrogen-bond donors (Lipinski definition) is 2. The predicted molar refractivity (Wildman–Crippen MR) is 85.6 cm³/mol. The number of benzene rings is 2. The molecular formula is C15H13N3O7. The Morgan fingerprint density at radius 1 is 1.12 bits per heavy atom. The van der Waals surface area contributed by atoms with E-state index < -0.39 is 33.2 Å². The molecule has 0 spiro atoms. The molecule has 0 radical (unpaired) electrons. The van der Waals surface area contributed by atoms with Crippen LogP contribution in [-0.2, 0) is 11.2 Å². The average Bonchev–Trinajstić information content (AvgIpc) is 2.56. The highest BCUT2D eigenvalue weighted by atomic mass is 16.6. The number of nitrogens with two attached hydrogens (primary N) is 1. The fourth-order valence-electron chi connectivity index (χ4n) is 2.01. The molecule has 2 aromatic carbocycles. The van der Waals surface area contributed by atoms with Crippen molar-refractivity contribution >= 4 is 17.3 Å². The van der Waals surface area contributed by atoms with Crippen LogP contribution in [0.4, 0.5) is 11.4 Å². The fraction of sp³-hybridized carbons (Fsp3) is 0.133. The first kappa shape index (κ1) is 17.8. The number of nitrogens with zero attached hydrogens (tertiary/aromatic N) is 2. The second-order valence-corrected chi connectivity index (χ2v) is 5.06. The van der Waals surface area contributed by atoms with E-state index in [1.54, 1.807) is 12.1 Å². The van der Waals surface area contributed by atoms with Crippen molar-refractivity contribution in [2.75, 3.05) is 0 Å². The third-order valence-electron chi connectivity index (χ3n) is 3.27. The molecule has 10 nitrogen and oxygen atoms in total. The zero-order valence-electron chi connectivity index (χ0n) is 12.7. The van der Waals surface area contributed by atoms with Gasteiger partial charge in [0.05, 0.1) is 15.9 Å². The number of rotatable bonds is 7. The molecule has 0 fully saturated rings. The summed E-state index contributed by atoms with van der Waals surface area (Å²) in [6.07, 6.45) is 0.118. The molecular weight excluding hydrogens is 334 g/mol. The summed E-state index contributed by atoms with van der Waals surface area (Å²) < 4.78 is 5.40. The molecule has 2 aromatic rings. The second-order valence-electron chi connectivity index (χ2n) is 5.06. The van der Waals surface area contributed by atoms with Crippen LogP contribution in [0.25, 0.3) is 0 Å². The van der Waals surface area contributed by atoms with E-state index >= 15 is 0 Å². The first-order valence-corrected chi connectivity index (χ1v) is 6.96. The van der Waals surface area contributed by atoms with Gasteiger partial charge >= 0.3 is 11.7 Å². The summed E-state index contributed by atoms with van der Waals surface area (Å²) in [5.74, 6) is -1.02. The number of nitro benzene ring substituents is 2. The van der Waals surface area contributed by atoms with Gasteiger partial charge in [0, 0.05) is 6.07 Å². The van der Waals surface area contributed by atoms with E-state index in [2.05, 4.69) is 0 Å². The highest BCUT2D eigenvalue weighted by molar-refractivity contribution is 5.73. The largest absolute Gasteiger partial charge is 0.480 e. The average molecular weight is 347 g/mol. The van der Waals surface area contributed by atoms with Crippen molar-refractivity contribution in [1.29, 1.82) is 0 Å². The van der Waals surface area contributed by atoms with Crippen LogP contribution in [0, 0.1) is 20.2 Å². The van der Waals surface area contributed by atoms with E-state index in [-0.39, 0.29) is 17.9 Å². The lowest BCUT2D eigenvalue weighted by Crippen LogP contribution is -2.32. The molecule has 0 aliphatic carbocycles. The van der Waals surface area contributed by atoms with Gasteiger partial charge in [0.25, 0.3) is 5.69 Å². The van der Waals surface area contributed by atoms with Gasteiger partial charge in [0.15, 0.2) is 0 Å². The van der Waals surface area contributed by atoms with Crippen molar-refractivity contribution in [3.05, 3.63) is 68.3 Å². The van der Waals surface area contributed by atoms with Crippen molar-refractivity contribution in [2.24, 2.45) is 5.73 Å². The SMILES string of the molecule is N[C@@H](Cc1ccc(Oc2ccc([N+](=O)[O-])cc2[N+](=O)[O-])cc1)C(=O)O. The molecule has 3 N–H and O–H groups in total. The summed E-state index contributed by atoms with van der Waals surface area (Å²) in [6, 6.07) is 8.17. The van der Waals surface area contributed by atoms with Crippen LogP contribution >= 0.6 is 0 Å². The van der Waals surface area contributed by atoms with Gasteiger partial charge in [-0.15, -0.1) is 0 Å². The minimum absolute atomic E-state index is 0.118. The Balaban J connectivity index is 2.20. The van der Waals surface area contributed by atoms with Crippen LogP contribution in [-0.4, -0.2) is 27.0 Å². The molecule has 130 valence electrons. The van der Waals surface area contributed by atoms with Gasteiger partial charge in [-0.1, -0.05) is 12.1 Å². The Hall–Kier alpha value is -3.53. The predicted octanol–water partition coefficient (Wildman–Crippen LogP) is 2.25. The molecule has 25 heavy (non-hydrogen) atoms. The maximum absolute atomic E-state index is 11.1. The van der Waals surface area contributed by atoms with E-state index in [0.29, 0.717) is 5.56 Å². The Morgan fingerprint density at radius 2 is 1.76 bits per heavy atom. The molecule has 0 bridgehead atoms. The molecule has 1 atom stereocenters. The Morgan fingerprint density at radius 3 is 2.28 bits per heavy atom. The lowest BCUT2D eigenvalue weighted by atomic mass is 10.1. The number of aliphatic carboxylic acids is 1. The topological polar surface area (TPSA) is 159 Å². The Bertz CT molecular complexity index is 820. The maximum atomic E-state index is 11.1. The summed E-state index contributed by atoms with van der Waals surface area (Å²) in [6.45, 7) is 0. The number of ether oxygens (including phenoxy) is 1. The standard InChI is InChI=1S/C15H13N3O7/c16-12(15(19)20)7-9-1-4-11(5-2-9)25-14-6-3-10(17(21)22)8-13(14)18(23)24/h1-6,8,12H,7,16H2,(H,19,20)/t12-/m0/s1. The molecule has 0 saturated carbocycles. The Kier molecular flexibility index (Phi) is 5.25. The lowest BCUT2D eigenvalue weighted by Gasteiger charge is -2.09. The molecule has 0 aliphatic rings. The smallest absolute Gasteiger partial charge is 0.320 e. The van der Waals surface area contributed by atoms with Gasteiger partial charge < -0.3 is 15.6 Å². The van der Waals surface area contributed by atoms with E-state index in [9.17, 15) is 25.0 Å². The van der Waals surface area contributed by atoms with Crippen LogP contribution in [0.1, 0.15) is 5.56 Å². The first-order valence-electron chi connectivity index (χ1n) is 6.96. The number of carboxylic acids is 1. The number of carboxylic acid groups (broad SMARTS) is 1. The summed E-state index contributed by atoms with van der Waals surface area (Å²) in [7, 11) is 0. The van der Waals surface area contributed by atoms with Crippen molar-refractivity contribution < 1.29 is 24.5 Å². The van der Waals surface area contributed by atoms with Gasteiger partial charge in [-0.05, 0) is 30.2 Å². The molecule has 0 aromatic heterocycles. The molecule has 0 unspecified atom stereocenters. The summed E-state index contributed by atoms with van der Waals surface area (Å²) >= 11 is 0. The number of carbonyl (C=O) groups is 1. The third-order valence-corrected chi connectivity index (χ3v) is 3.27. The number of nitro groups is 2. The van der Waals surface area contributed by atoms with Crippen LogP contribution < -0.4 is 10.5 Å². The highest BCUT2D eigenvalue weighted by Crippen LogP contribution is 2.34. The monoisotopic (exact) mass is 347 g/mol. The zero-order chi connectivity index (χ0) is 18.6. The van der Waals surface area contributed by atoms with Crippen molar-refractivity contribution in [1.82, 2.24) is 0 Å². The molecule has 2 rings (SSSR count). The van der Waals surface area contributed by atoms with Crippen LogP contribution in [0.2, 0.25) is 0 Å². The van der Waals surface area contributed by atoms with E-state index in [0.717, 1.165) is 18.2 Å². The highest BCUT2D eigenvalue weighted by Gasteiger charge is 2.21. The molecule has 0 amide bonds. The number of non-ortho nitro benzene ring substituents is 1.